The fourth-order valence-electron chi connectivity index (χ4n) is 4.02. The predicted molar refractivity (Wildman–Crippen MR) is 86.1 cm³/mol. The predicted octanol–water partition coefficient (Wildman–Crippen LogP) is 2.82. The Hall–Kier alpha value is -1.39. The molecule has 1 spiro atoms. The first-order valence-corrected chi connectivity index (χ1v) is 8.47. The fourth-order valence-corrected chi connectivity index (χ4v) is 4.02. The lowest BCUT2D eigenvalue weighted by Gasteiger charge is -2.41. The summed E-state index contributed by atoms with van der Waals surface area (Å²) in [6.07, 6.45) is 6.17. The minimum Gasteiger partial charge on any atom is -0.390 e. The summed E-state index contributed by atoms with van der Waals surface area (Å²) in [6, 6.07) is 10.3. The molecule has 3 aliphatic rings. The van der Waals surface area contributed by atoms with Gasteiger partial charge in [0, 0.05) is 26.1 Å². The van der Waals surface area contributed by atoms with E-state index in [4.69, 9.17) is 9.57 Å². The van der Waals surface area contributed by atoms with Crippen LogP contribution in [0.3, 0.4) is 0 Å². The second kappa shape index (κ2) is 6.01. The standard InChI is InChI=1S/C18H24N2O2/c1-2-6-15(7-3-1)17-12-16(22-19-17)13-20-10-11-21-18(14-20)8-4-5-9-18/h1-3,6-7,16H,4-5,8-14H2. The first-order valence-electron chi connectivity index (χ1n) is 8.47. The van der Waals surface area contributed by atoms with Gasteiger partial charge in [0.25, 0.3) is 0 Å². The maximum atomic E-state index is 6.10. The maximum Gasteiger partial charge on any atom is 0.145 e. The van der Waals surface area contributed by atoms with Crippen LogP contribution in [0.1, 0.15) is 37.7 Å². The van der Waals surface area contributed by atoms with E-state index in [0.717, 1.165) is 38.4 Å². The van der Waals surface area contributed by atoms with Crippen LogP contribution in [0.25, 0.3) is 0 Å². The summed E-state index contributed by atoms with van der Waals surface area (Å²) in [5.74, 6) is 0. The molecule has 118 valence electrons. The molecular formula is C18H24N2O2. The molecule has 0 radical (unpaired) electrons. The lowest BCUT2D eigenvalue weighted by Crippen LogP contribution is -2.52. The molecule has 1 aromatic carbocycles. The maximum absolute atomic E-state index is 6.10. The van der Waals surface area contributed by atoms with Gasteiger partial charge >= 0.3 is 0 Å². The third kappa shape index (κ3) is 2.90. The average Bonchev–Trinajstić information content (AvgIpc) is 3.19. The van der Waals surface area contributed by atoms with Crippen LogP contribution >= 0.6 is 0 Å². The number of oxime groups is 1. The highest BCUT2D eigenvalue weighted by Gasteiger charge is 2.40. The zero-order valence-electron chi connectivity index (χ0n) is 13.0. The van der Waals surface area contributed by atoms with Gasteiger partial charge in [0.2, 0.25) is 0 Å². The number of hydrogen-bond acceptors (Lipinski definition) is 4. The average molecular weight is 300 g/mol. The first-order chi connectivity index (χ1) is 10.8. The molecule has 4 heteroatoms. The topological polar surface area (TPSA) is 34.1 Å². The zero-order valence-corrected chi connectivity index (χ0v) is 13.0. The van der Waals surface area contributed by atoms with Crippen LogP contribution in [-0.4, -0.2) is 48.6 Å². The first kappa shape index (κ1) is 14.2. The van der Waals surface area contributed by atoms with Gasteiger partial charge in [-0.05, 0) is 18.4 Å². The number of benzene rings is 1. The Kier molecular flexibility index (Phi) is 3.89. The monoisotopic (exact) mass is 300 g/mol. The third-order valence-corrected chi connectivity index (χ3v) is 5.14. The van der Waals surface area contributed by atoms with Crippen LogP contribution in [-0.2, 0) is 9.57 Å². The molecule has 2 heterocycles. The summed E-state index contributed by atoms with van der Waals surface area (Å²) in [5, 5.41) is 4.30. The quantitative estimate of drug-likeness (QED) is 0.861. The van der Waals surface area contributed by atoms with Crippen molar-refractivity contribution in [3.63, 3.8) is 0 Å². The summed E-state index contributed by atoms with van der Waals surface area (Å²) in [7, 11) is 0. The van der Waals surface area contributed by atoms with Crippen molar-refractivity contribution < 1.29 is 9.57 Å². The molecule has 4 nitrogen and oxygen atoms in total. The fraction of sp³-hybridized carbons (Fsp3) is 0.611. The lowest BCUT2D eigenvalue weighted by molar-refractivity contribution is -0.112. The number of hydrogen-bond donors (Lipinski definition) is 0. The van der Waals surface area contributed by atoms with Gasteiger partial charge < -0.3 is 9.57 Å². The van der Waals surface area contributed by atoms with E-state index < -0.39 is 0 Å². The van der Waals surface area contributed by atoms with Gasteiger partial charge in [-0.25, -0.2) is 0 Å². The van der Waals surface area contributed by atoms with Crippen molar-refractivity contribution in [1.29, 1.82) is 0 Å². The van der Waals surface area contributed by atoms with Crippen molar-refractivity contribution >= 4 is 5.71 Å². The van der Waals surface area contributed by atoms with E-state index in [1.165, 1.54) is 31.2 Å². The highest BCUT2D eigenvalue weighted by Crippen LogP contribution is 2.36. The molecule has 0 aromatic heterocycles. The van der Waals surface area contributed by atoms with Crippen molar-refractivity contribution in [1.82, 2.24) is 4.90 Å². The summed E-state index contributed by atoms with van der Waals surface area (Å²) < 4.78 is 6.10. The molecule has 1 aromatic rings. The summed E-state index contributed by atoms with van der Waals surface area (Å²) in [6.45, 7) is 3.90. The molecule has 2 fully saturated rings. The van der Waals surface area contributed by atoms with Crippen LogP contribution in [0, 0.1) is 0 Å². The number of rotatable bonds is 3. The van der Waals surface area contributed by atoms with Gasteiger partial charge in [0.05, 0.1) is 17.9 Å². The SMILES string of the molecule is c1ccc(C2=NOC(CN3CCOC4(CCCC4)C3)C2)cc1. The number of morpholine rings is 1. The molecule has 1 aliphatic carbocycles. The summed E-state index contributed by atoms with van der Waals surface area (Å²) >= 11 is 0. The highest BCUT2D eigenvalue weighted by molar-refractivity contribution is 6.01. The smallest absolute Gasteiger partial charge is 0.145 e. The molecule has 0 amide bonds. The zero-order chi connectivity index (χ0) is 14.8. The van der Waals surface area contributed by atoms with Crippen LogP contribution in [0.15, 0.2) is 35.5 Å². The molecule has 22 heavy (non-hydrogen) atoms. The van der Waals surface area contributed by atoms with E-state index in [-0.39, 0.29) is 11.7 Å². The Labute approximate surface area is 132 Å². The third-order valence-electron chi connectivity index (χ3n) is 5.14. The summed E-state index contributed by atoms with van der Waals surface area (Å²) in [5.41, 5.74) is 2.40. The molecule has 0 N–H and O–H groups in total. The number of ether oxygens (including phenoxy) is 1. The Morgan fingerprint density at radius 3 is 2.82 bits per heavy atom. The van der Waals surface area contributed by atoms with Crippen molar-refractivity contribution in [3.8, 4) is 0 Å². The van der Waals surface area contributed by atoms with Gasteiger partial charge in [0.1, 0.15) is 6.10 Å². The molecule has 4 rings (SSSR count). The second-order valence-corrected chi connectivity index (χ2v) is 6.81. The van der Waals surface area contributed by atoms with Crippen molar-refractivity contribution in [2.75, 3.05) is 26.2 Å². The largest absolute Gasteiger partial charge is 0.390 e. The molecule has 1 unspecified atom stereocenters. The number of nitrogens with zero attached hydrogens (tertiary/aromatic N) is 2. The van der Waals surface area contributed by atoms with Gasteiger partial charge in [-0.2, -0.15) is 0 Å². The minimum absolute atomic E-state index is 0.139. The highest BCUT2D eigenvalue weighted by atomic mass is 16.6. The van der Waals surface area contributed by atoms with Crippen molar-refractivity contribution in [2.24, 2.45) is 5.16 Å². The van der Waals surface area contributed by atoms with Crippen molar-refractivity contribution in [2.45, 2.75) is 43.8 Å². The van der Waals surface area contributed by atoms with Gasteiger partial charge in [-0.3, -0.25) is 4.90 Å². The minimum atomic E-state index is 0.139. The lowest BCUT2D eigenvalue weighted by atomic mass is 9.99. The van der Waals surface area contributed by atoms with Crippen LogP contribution < -0.4 is 0 Å². The van der Waals surface area contributed by atoms with Crippen LogP contribution in [0.5, 0.6) is 0 Å². The molecule has 2 aliphatic heterocycles. The Balaban J connectivity index is 1.33. The van der Waals surface area contributed by atoms with E-state index in [2.05, 4.69) is 34.3 Å². The van der Waals surface area contributed by atoms with E-state index in [1.54, 1.807) is 0 Å². The molecule has 0 bridgehead atoms. The van der Waals surface area contributed by atoms with Gasteiger partial charge in [0.15, 0.2) is 0 Å². The molecule has 1 saturated carbocycles. The Bertz CT molecular complexity index is 537. The van der Waals surface area contributed by atoms with E-state index >= 15 is 0 Å². The summed E-state index contributed by atoms with van der Waals surface area (Å²) in [4.78, 5) is 8.20. The molecule has 1 atom stereocenters. The normalized spacial score (nSPS) is 27.8. The molecule has 1 saturated heterocycles. The van der Waals surface area contributed by atoms with E-state index in [9.17, 15) is 0 Å². The van der Waals surface area contributed by atoms with E-state index in [1.807, 2.05) is 6.07 Å². The van der Waals surface area contributed by atoms with Gasteiger partial charge in [-0.15, -0.1) is 0 Å². The Morgan fingerprint density at radius 1 is 1.18 bits per heavy atom. The van der Waals surface area contributed by atoms with Crippen LogP contribution in [0.2, 0.25) is 0 Å². The van der Waals surface area contributed by atoms with Crippen LogP contribution in [0.4, 0.5) is 0 Å². The van der Waals surface area contributed by atoms with E-state index in [0.29, 0.717) is 0 Å². The Morgan fingerprint density at radius 2 is 2.00 bits per heavy atom. The molecular weight excluding hydrogens is 276 g/mol. The second-order valence-electron chi connectivity index (χ2n) is 6.81. The van der Waals surface area contributed by atoms with Crippen molar-refractivity contribution in [3.05, 3.63) is 35.9 Å². The van der Waals surface area contributed by atoms with Gasteiger partial charge in [-0.1, -0.05) is 48.3 Å².